The minimum absolute atomic E-state index is 0.0972. The van der Waals surface area contributed by atoms with Gasteiger partial charge in [-0.3, -0.25) is 9.88 Å². The number of rotatable bonds is 8. The molecule has 0 saturated carbocycles. The Labute approximate surface area is 246 Å². The molecule has 0 spiro atoms. The van der Waals surface area contributed by atoms with Crippen molar-refractivity contribution in [2.75, 3.05) is 17.4 Å². The van der Waals surface area contributed by atoms with Crippen LogP contribution in [0.1, 0.15) is 38.8 Å². The number of benzene rings is 3. The van der Waals surface area contributed by atoms with E-state index >= 15 is 4.39 Å². The predicted molar refractivity (Wildman–Crippen MR) is 164 cm³/mol. The molecule has 222 valence electrons. The number of hydrogen-bond acceptors (Lipinski definition) is 6. The Morgan fingerprint density at radius 3 is 2.24 bits per heavy atom. The van der Waals surface area contributed by atoms with Gasteiger partial charge in [-0.25, -0.2) is 26.0 Å². The number of fused-ring (bicyclic) bond motifs is 1. The Morgan fingerprint density at radius 2 is 1.64 bits per heavy atom. The highest BCUT2D eigenvalue weighted by atomic mass is 32.2. The summed E-state index contributed by atoms with van der Waals surface area (Å²) in [6, 6.07) is 16.8. The Balaban J connectivity index is 1.84. The van der Waals surface area contributed by atoms with Gasteiger partial charge >= 0.3 is 6.03 Å². The van der Waals surface area contributed by atoms with Gasteiger partial charge in [-0.05, 0) is 93.4 Å². The summed E-state index contributed by atoms with van der Waals surface area (Å²) in [6.45, 7) is 6.72. The predicted octanol–water partition coefficient (Wildman–Crippen LogP) is 5.85. The van der Waals surface area contributed by atoms with Crippen molar-refractivity contribution in [2.45, 2.75) is 49.9 Å². The third kappa shape index (κ3) is 6.47. The molecule has 4 aromatic rings. The zero-order valence-corrected chi connectivity index (χ0v) is 26.0. The second kappa shape index (κ2) is 11.4. The van der Waals surface area contributed by atoms with E-state index in [2.05, 4.69) is 10.3 Å². The Hall–Kier alpha value is -3.83. The van der Waals surface area contributed by atoms with Crippen molar-refractivity contribution in [2.24, 2.45) is 0 Å². The number of halogens is 1. The van der Waals surface area contributed by atoms with Crippen LogP contribution in [0.3, 0.4) is 0 Å². The number of amides is 2. The summed E-state index contributed by atoms with van der Waals surface area (Å²) in [7, 11) is -6.94. The molecule has 2 amide bonds. The average Bonchev–Trinajstić information content (AvgIpc) is 2.90. The number of sulfone groups is 2. The van der Waals surface area contributed by atoms with Gasteiger partial charge in [0, 0.05) is 47.0 Å². The molecule has 8 nitrogen and oxygen atoms in total. The normalized spacial score (nSPS) is 12.5. The van der Waals surface area contributed by atoms with Gasteiger partial charge < -0.3 is 5.32 Å². The van der Waals surface area contributed by atoms with Gasteiger partial charge in [0.15, 0.2) is 19.7 Å². The molecule has 4 rings (SSSR count). The molecule has 0 aliphatic rings. The van der Waals surface area contributed by atoms with Gasteiger partial charge in [0.1, 0.15) is 5.82 Å². The minimum atomic E-state index is -3.49. The Bertz CT molecular complexity index is 1870. The molecule has 42 heavy (non-hydrogen) atoms. The van der Waals surface area contributed by atoms with Crippen molar-refractivity contribution < 1.29 is 26.0 Å². The number of carbonyl (C=O) groups is 1. The summed E-state index contributed by atoms with van der Waals surface area (Å²) in [6.07, 6.45) is 3.92. The fourth-order valence-corrected chi connectivity index (χ4v) is 5.66. The lowest BCUT2D eigenvalue weighted by Gasteiger charge is -2.26. The van der Waals surface area contributed by atoms with Crippen LogP contribution in [0.5, 0.6) is 0 Å². The van der Waals surface area contributed by atoms with Crippen molar-refractivity contribution in [3.8, 4) is 11.1 Å². The highest BCUT2D eigenvalue weighted by Crippen LogP contribution is 2.37. The lowest BCUT2D eigenvalue weighted by atomic mass is 9.93. The summed E-state index contributed by atoms with van der Waals surface area (Å²) in [5.74, 6) is -0.543. The molecule has 0 atom stereocenters. The van der Waals surface area contributed by atoms with E-state index in [4.69, 9.17) is 0 Å². The van der Waals surface area contributed by atoms with Gasteiger partial charge in [0.2, 0.25) is 0 Å². The Morgan fingerprint density at radius 1 is 0.976 bits per heavy atom. The maximum absolute atomic E-state index is 15.3. The Kier molecular flexibility index (Phi) is 8.48. The van der Waals surface area contributed by atoms with Gasteiger partial charge in [-0.1, -0.05) is 12.1 Å². The van der Waals surface area contributed by atoms with Crippen LogP contribution in [0.4, 0.5) is 14.9 Å². The molecule has 0 bridgehead atoms. The van der Waals surface area contributed by atoms with E-state index in [0.717, 1.165) is 11.6 Å². The first-order chi connectivity index (χ1) is 19.5. The average molecular weight is 612 g/mol. The minimum Gasteiger partial charge on any atom is -0.336 e. The van der Waals surface area contributed by atoms with Crippen LogP contribution in [0.2, 0.25) is 0 Å². The number of carbonyl (C=O) groups excluding carboxylic acids is 1. The van der Waals surface area contributed by atoms with Crippen molar-refractivity contribution in [1.29, 1.82) is 0 Å². The molecule has 1 aromatic heterocycles. The largest absolute Gasteiger partial charge is 0.336 e. The molecule has 3 aromatic carbocycles. The topological polar surface area (TPSA) is 114 Å². The number of hydrogen-bond donors (Lipinski definition) is 1. The van der Waals surface area contributed by atoms with Crippen LogP contribution in [-0.2, 0) is 31.0 Å². The van der Waals surface area contributed by atoms with Crippen LogP contribution in [-0.4, -0.2) is 46.4 Å². The van der Waals surface area contributed by atoms with Crippen LogP contribution in [0.15, 0.2) is 77.8 Å². The summed E-state index contributed by atoms with van der Waals surface area (Å²) >= 11 is 0. The van der Waals surface area contributed by atoms with E-state index in [0.29, 0.717) is 27.9 Å². The molecule has 0 unspecified atom stereocenters. The molecule has 0 saturated heterocycles. The lowest BCUT2D eigenvalue weighted by molar-refractivity contribution is 0.243. The third-order valence-corrected chi connectivity index (χ3v) is 10.5. The SMILES string of the molecule is CC(C)NC(=O)N(Cc1cc(-c2cc(C(C)(C)S(C)(=O)=O)cc3cccnc23)ccc1F)c1ccc(S(C)(=O)=O)cc1. The van der Waals surface area contributed by atoms with Gasteiger partial charge in [-0.15, -0.1) is 0 Å². The van der Waals surface area contributed by atoms with E-state index in [1.165, 1.54) is 41.5 Å². The van der Waals surface area contributed by atoms with Crippen molar-refractivity contribution in [3.63, 3.8) is 0 Å². The number of aromatic nitrogens is 1. The summed E-state index contributed by atoms with van der Waals surface area (Å²) in [5.41, 5.74) is 2.99. The molecular weight excluding hydrogens is 577 g/mol. The highest BCUT2D eigenvalue weighted by Gasteiger charge is 2.33. The maximum atomic E-state index is 15.3. The quantitative estimate of drug-likeness (QED) is 0.268. The van der Waals surface area contributed by atoms with E-state index < -0.39 is 36.3 Å². The molecule has 11 heteroatoms. The third-order valence-electron chi connectivity index (χ3n) is 7.25. The van der Waals surface area contributed by atoms with E-state index in [1.54, 1.807) is 64.2 Å². The highest BCUT2D eigenvalue weighted by molar-refractivity contribution is 7.91. The van der Waals surface area contributed by atoms with Crippen LogP contribution >= 0.6 is 0 Å². The second-order valence-corrected chi connectivity index (χ2v) is 15.7. The number of nitrogens with one attached hydrogen (secondary N) is 1. The molecular formula is C31H34FN3O5S2. The number of anilines is 1. The van der Waals surface area contributed by atoms with Crippen molar-refractivity contribution in [1.82, 2.24) is 10.3 Å². The first-order valence-corrected chi connectivity index (χ1v) is 17.0. The summed E-state index contributed by atoms with van der Waals surface area (Å²) < 4.78 is 63.4. The fourth-order valence-electron chi connectivity index (χ4n) is 4.49. The van der Waals surface area contributed by atoms with Gasteiger partial charge in [0.05, 0.1) is 21.7 Å². The van der Waals surface area contributed by atoms with Gasteiger partial charge in [0.25, 0.3) is 0 Å². The van der Waals surface area contributed by atoms with E-state index in [1.807, 2.05) is 6.07 Å². The zero-order chi connectivity index (χ0) is 31.0. The molecule has 0 radical (unpaired) electrons. The molecule has 0 fully saturated rings. The summed E-state index contributed by atoms with van der Waals surface area (Å²) in [4.78, 5) is 19.2. The van der Waals surface area contributed by atoms with Crippen molar-refractivity contribution >= 4 is 42.3 Å². The van der Waals surface area contributed by atoms with E-state index in [9.17, 15) is 21.6 Å². The van der Waals surface area contributed by atoms with E-state index in [-0.39, 0.29) is 23.0 Å². The molecule has 0 aliphatic carbocycles. The van der Waals surface area contributed by atoms with Crippen molar-refractivity contribution in [3.05, 3.63) is 89.9 Å². The fraction of sp³-hybridized carbons (Fsp3) is 0.290. The van der Waals surface area contributed by atoms with Crippen LogP contribution in [0.25, 0.3) is 22.0 Å². The first kappa shape index (κ1) is 31.1. The molecule has 1 N–H and O–H groups in total. The number of urea groups is 1. The van der Waals surface area contributed by atoms with Crippen LogP contribution < -0.4 is 10.2 Å². The number of pyridine rings is 1. The van der Waals surface area contributed by atoms with Gasteiger partial charge in [-0.2, -0.15) is 0 Å². The summed E-state index contributed by atoms with van der Waals surface area (Å²) in [5, 5.41) is 3.55. The number of nitrogens with zero attached hydrogens (tertiary/aromatic N) is 2. The lowest BCUT2D eigenvalue weighted by Crippen LogP contribution is -2.42. The first-order valence-electron chi connectivity index (χ1n) is 13.2. The smallest absolute Gasteiger partial charge is 0.322 e. The second-order valence-electron chi connectivity index (χ2n) is 11.1. The maximum Gasteiger partial charge on any atom is 0.322 e. The monoisotopic (exact) mass is 611 g/mol. The standard InChI is InChI=1S/C31H34FN3O5S2/c1-20(2)34-30(36)35(25-10-12-26(13-11-25)41(5,37)38)19-23-16-21(9-14-28(23)32)27-18-24(31(3,4)42(6,39)40)17-22-8-7-15-33-29(22)27/h7-18,20H,19H2,1-6H3,(H,34,36). The molecule has 0 aliphatic heterocycles. The molecule has 1 heterocycles. The zero-order valence-electron chi connectivity index (χ0n) is 24.3. The van der Waals surface area contributed by atoms with Crippen LogP contribution in [0, 0.1) is 5.82 Å².